The molecular formula is C52H58Cl2N6O5. The zero-order valence-electron chi connectivity index (χ0n) is 36.5. The second kappa shape index (κ2) is 26.2. The van der Waals surface area contributed by atoms with Gasteiger partial charge in [-0.15, -0.1) is 0 Å². The third-order valence-corrected chi connectivity index (χ3v) is 12.2. The van der Waals surface area contributed by atoms with Gasteiger partial charge in [0.2, 0.25) is 5.91 Å². The zero-order valence-corrected chi connectivity index (χ0v) is 38.0. The van der Waals surface area contributed by atoms with E-state index >= 15 is 0 Å². The maximum Gasteiger partial charge on any atom is 0.306 e. The molecule has 0 spiro atoms. The third kappa shape index (κ3) is 15.7. The highest BCUT2D eigenvalue weighted by atomic mass is 35.5. The van der Waals surface area contributed by atoms with Gasteiger partial charge in [0.25, 0.3) is 0 Å². The number of rotatable bonds is 15. The van der Waals surface area contributed by atoms with Crippen LogP contribution in [0, 0.1) is 11.8 Å². The molecule has 4 heterocycles. The first-order valence-corrected chi connectivity index (χ1v) is 22.9. The number of hydrogen-bond acceptors (Lipinski definition) is 9. The predicted molar refractivity (Wildman–Crippen MR) is 257 cm³/mol. The van der Waals surface area contributed by atoms with Crippen molar-refractivity contribution in [1.82, 2.24) is 25.1 Å². The fourth-order valence-electron chi connectivity index (χ4n) is 7.71. The fourth-order valence-corrected chi connectivity index (χ4v) is 8.21. The maximum atomic E-state index is 13.1. The van der Waals surface area contributed by atoms with Crippen LogP contribution in [0.1, 0.15) is 60.3 Å². The van der Waals surface area contributed by atoms with Crippen LogP contribution in [0.2, 0.25) is 10.0 Å². The molecule has 65 heavy (non-hydrogen) atoms. The standard InChI is InChI=1S/C26H28ClN3O2.C14H19NO3.C12H11ClN2/c27-23-11-5-4-10-22(23)25(24-12-6-7-15-28-24)29-26(31)20-13-16-30(17-14-20)18-19-32-21-8-2-1-3-9-21;16-14(17)12-6-8-15(9-7-12)10-11-18-13-4-2-1-3-5-13;13-10-6-2-1-5-9(10)12(14)11-7-3-4-8-15-11/h1-12,15,20,25H,13-14,16-19H2,(H,29,31);1-5,12H,6-11H2,(H,16,17);1-8,12H,14H2. The van der Waals surface area contributed by atoms with Gasteiger partial charge in [-0.2, -0.15) is 0 Å². The van der Waals surface area contributed by atoms with Gasteiger partial charge in [0, 0.05) is 41.4 Å². The summed E-state index contributed by atoms with van der Waals surface area (Å²) in [7, 11) is 0. The van der Waals surface area contributed by atoms with Crippen LogP contribution in [0.3, 0.4) is 0 Å². The quantitative estimate of drug-likeness (QED) is 0.0912. The third-order valence-electron chi connectivity index (χ3n) is 11.5. The minimum absolute atomic E-state index is 0.0185. The average Bonchev–Trinajstić information content (AvgIpc) is 3.35. The first-order valence-electron chi connectivity index (χ1n) is 22.1. The van der Waals surface area contributed by atoms with E-state index in [4.69, 9.17) is 43.5 Å². The van der Waals surface area contributed by atoms with Crippen molar-refractivity contribution in [3.8, 4) is 11.5 Å². The molecule has 0 aliphatic carbocycles. The van der Waals surface area contributed by atoms with Crippen molar-refractivity contribution in [3.05, 3.63) is 191 Å². The van der Waals surface area contributed by atoms with Crippen LogP contribution >= 0.6 is 23.2 Å². The highest BCUT2D eigenvalue weighted by molar-refractivity contribution is 6.31. The summed E-state index contributed by atoms with van der Waals surface area (Å²) in [5.74, 6) is 1.00. The van der Waals surface area contributed by atoms with Gasteiger partial charge in [-0.3, -0.25) is 29.4 Å². The monoisotopic (exact) mass is 916 g/mol. The lowest BCUT2D eigenvalue weighted by Crippen LogP contribution is -2.43. The Bertz CT molecular complexity index is 2300. The molecular weight excluding hydrogens is 860 g/mol. The summed E-state index contributed by atoms with van der Waals surface area (Å²) in [5.41, 5.74) is 9.44. The van der Waals surface area contributed by atoms with Crippen molar-refractivity contribution in [2.24, 2.45) is 17.6 Å². The number of hydrogen-bond donors (Lipinski definition) is 3. The van der Waals surface area contributed by atoms with Gasteiger partial charge < -0.3 is 25.6 Å². The summed E-state index contributed by atoms with van der Waals surface area (Å²) in [4.78, 5) is 37.3. The number of halogens is 2. The molecule has 13 heteroatoms. The van der Waals surface area contributed by atoms with Crippen molar-refractivity contribution in [2.75, 3.05) is 52.5 Å². The van der Waals surface area contributed by atoms with Gasteiger partial charge in [0.15, 0.2) is 0 Å². The van der Waals surface area contributed by atoms with Gasteiger partial charge in [0.05, 0.1) is 29.4 Å². The average molecular weight is 918 g/mol. The Balaban J connectivity index is 0.000000178. The Morgan fingerprint density at radius 1 is 0.600 bits per heavy atom. The number of para-hydroxylation sites is 2. The van der Waals surface area contributed by atoms with Crippen molar-refractivity contribution >= 4 is 35.1 Å². The number of benzene rings is 4. The first kappa shape index (κ1) is 48.6. The number of carboxylic acids is 1. The lowest BCUT2D eigenvalue weighted by Gasteiger charge is -2.32. The highest BCUT2D eigenvalue weighted by Crippen LogP contribution is 2.29. The van der Waals surface area contributed by atoms with Crippen molar-refractivity contribution in [3.63, 3.8) is 0 Å². The Labute approximate surface area is 392 Å². The number of carbonyl (C=O) groups excluding carboxylic acids is 1. The molecule has 0 radical (unpaired) electrons. The molecule has 1 amide bonds. The summed E-state index contributed by atoms with van der Waals surface area (Å²) in [6.45, 7) is 6.51. The molecule has 0 bridgehead atoms. The molecule has 2 fully saturated rings. The summed E-state index contributed by atoms with van der Waals surface area (Å²) >= 11 is 12.5. The number of nitrogens with two attached hydrogens (primary N) is 1. The van der Waals surface area contributed by atoms with Gasteiger partial charge >= 0.3 is 5.97 Å². The van der Waals surface area contributed by atoms with Crippen LogP contribution in [0.25, 0.3) is 0 Å². The van der Waals surface area contributed by atoms with E-state index < -0.39 is 5.97 Å². The predicted octanol–water partition coefficient (Wildman–Crippen LogP) is 9.38. The van der Waals surface area contributed by atoms with Gasteiger partial charge in [-0.1, -0.05) is 108 Å². The van der Waals surface area contributed by atoms with Crippen LogP contribution in [-0.4, -0.2) is 89.2 Å². The second-order valence-corrected chi connectivity index (χ2v) is 16.7. The van der Waals surface area contributed by atoms with Gasteiger partial charge in [-0.25, -0.2) is 0 Å². The molecule has 0 saturated carbocycles. The Hall–Kier alpha value is -5.82. The van der Waals surface area contributed by atoms with E-state index in [9.17, 15) is 9.59 Å². The van der Waals surface area contributed by atoms with E-state index in [1.54, 1.807) is 12.4 Å². The molecule has 2 atom stereocenters. The van der Waals surface area contributed by atoms with Crippen LogP contribution in [0.4, 0.5) is 0 Å². The Morgan fingerprint density at radius 3 is 1.49 bits per heavy atom. The Kier molecular flexibility index (Phi) is 19.6. The van der Waals surface area contributed by atoms with Crippen LogP contribution in [0.5, 0.6) is 11.5 Å². The van der Waals surface area contributed by atoms with E-state index in [0.717, 1.165) is 99.0 Å². The number of pyridine rings is 2. The van der Waals surface area contributed by atoms with Gasteiger partial charge in [0.1, 0.15) is 24.7 Å². The van der Waals surface area contributed by atoms with E-state index in [1.165, 1.54) is 0 Å². The number of aliphatic carboxylic acids is 1. The first-order chi connectivity index (χ1) is 31.7. The molecule has 4 aromatic carbocycles. The number of ether oxygens (including phenoxy) is 2. The van der Waals surface area contributed by atoms with Crippen molar-refractivity contribution in [1.29, 1.82) is 0 Å². The molecule has 2 saturated heterocycles. The molecule has 2 aliphatic rings. The summed E-state index contributed by atoms with van der Waals surface area (Å²) < 4.78 is 11.4. The SMILES string of the molecule is NC(c1ccccn1)c1ccccc1Cl.O=C(NC(c1ccccn1)c1ccccc1Cl)C1CCN(CCOc2ccccc2)CC1.O=C(O)C1CCN(CCOc2ccccc2)CC1. The minimum atomic E-state index is -0.657. The number of likely N-dealkylation sites (tertiary alicyclic amines) is 2. The largest absolute Gasteiger partial charge is 0.492 e. The maximum absolute atomic E-state index is 13.1. The number of nitrogens with zero attached hydrogens (tertiary/aromatic N) is 4. The molecule has 340 valence electrons. The van der Waals surface area contributed by atoms with E-state index in [2.05, 4.69) is 25.1 Å². The van der Waals surface area contributed by atoms with E-state index in [1.807, 2.05) is 146 Å². The lowest BCUT2D eigenvalue weighted by atomic mass is 9.94. The lowest BCUT2D eigenvalue weighted by molar-refractivity contribution is -0.143. The van der Waals surface area contributed by atoms with E-state index in [0.29, 0.717) is 23.3 Å². The Morgan fingerprint density at radius 2 is 1.03 bits per heavy atom. The van der Waals surface area contributed by atoms with Crippen LogP contribution in [-0.2, 0) is 9.59 Å². The molecule has 11 nitrogen and oxygen atoms in total. The fraction of sp³-hybridized carbons (Fsp3) is 0.308. The highest BCUT2D eigenvalue weighted by Gasteiger charge is 2.29. The number of amides is 1. The molecule has 2 unspecified atom stereocenters. The molecule has 2 aromatic heterocycles. The summed E-state index contributed by atoms with van der Waals surface area (Å²) in [6, 6.07) is 45.5. The van der Waals surface area contributed by atoms with E-state index in [-0.39, 0.29) is 29.8 Å². The topological polar surface area (TPSA) is 143 Å². The number of aromatic nitrogens is 2. The molecule has 2 aliphatic heterocycles. The van der Waals surface area contributed by atoms with Crippen LogP contribution < -0.4 is 20.5 Å². The molecule has 6 aromatic rings. The number of carbonyl (C=O) groups is 2. The molecule has 4 N–H and O–H groups in total. The van der Waals surface area contributed by atoms with Crippen LogP contribution in [0.15, 0.2) is 158 Å². The number of nitrogens with one attached hydrogen (secondary N) is 1. The second-order valence-electron chi connectivity index (χ2n) is 15.9. The van der Waals surface area contributed by atoms with Crippen molar-refractivity contribution < 1.29 is 24.2 Å². The number of carboxylic acid groups (broad SMARTS) is 1. The van der Waals surface area contributed by atoms with Gasteiger partial charge in [-0.05, 0) is 124 Å². The summed E-state index contributed by atoms with van der Waals surface area (Å²) in [5, 5.41) is 13.4. The minimum Gasteiger partial charge on any atom is -0.492 e. The summed E-state index contributed by atoms with van der Waals surface area (Å²) in [6.07, 6.45) is 6.62. The smallest absolute Gasteiger partial charge is 0.306 e. The number of piperidine rings is 2. The van der Waals surface area contributed by atoms with Crippen molar-refractivity contribution in [2.45, 2.75) is 37.8 Å². The normalized spacial score (nSPS) is 15.5. The molecule has 8 rings (SSSR count). The zero-order chi connectivity index (χ0) is 45.6.